The van der Waals surface area contributed by atoms with Gasteiger partial charge in [0.05, 0.1) is 13.0 Å². The summed E-state index contributed by atoms with van der Waals surface area (Å²) in [4.78, 5) is 11.2. The van der Waals surface area contributed by atoms with Crippen molar-refractivity contribution in [1.29, 1.82) is 0 Å². The molecule has 18 heavy (non-hydrogen) atoms. The van der Waals surface area contributed by atoms with Gasteiger partial charge in [0.25, 0.3) is 0 Å². The molecule has 0 aliphatic rings. The molecule has 0 amide bonds. The van der Waals surface area contributed by atoms with Gasteiger partial charge in [-0.1, -0.05) is 18.6 Å². The summed E-state index contributed by atoms with van der Waals surface area (Å²) in [5.74, 6) is -0.276. The first-order valence-electron chi connectivity index (χ1n) is 6.23. The average molecular weight is 251 g/mol. The molecular formula is C14H21NO3. The number of carboxylic acids is 1. The van der Waals surface area contributed by atoms with Gasteiger partial charge < -0.3 is 15.6 Å². The standard InChI is InChI=1S/C14H21NO3/c1-18-13-7-5-11(6-8-13)10-12(14(16)17)4-2-3-9-15/h5-8,12H,2-4,9-10,15H2,1H3,(H,16,17). The van der Waals surface area contributed by atoms with Crippen molar-refractivity contribution < 1.29 is 14.6 Å². The molecule has 0 radical (unpaired) electrons. The zero-order valence-corrected chi connectivity index (χ0v) is 10.8. The minimum Gasteiger partial charge on any atom is -0.497 e. The Hall–Kier alpha value is -1.55. The fraction of sp³-hybridized carbons (Fsp3) is 0.500. The highest BCUT2D eigenvalue weighted by molar-refractivity contribution is 5.70. The average Bonchev–Trinajstić information content (AvgIpc) is 2.38. The third-order valence-electron chi connectivity index (χ3n) is 3.00. The van der Waals surface area contributed by atoms with E-state index in [9.17, 15) is 9.90 Å². The molecule has 1 aromatic rings. The maximum Gasteiger partial charge on any atom is 0.306 e. The van der Waals surface area contributed by atoms with Crippen molar-refractivity contribution in [1.82, 2.24) is 0 Å². The molecule has 0 aliphatic heterocycles. The van der Waals surface area contributed by atoms with Gasteiger partial charge in [0, 0.05) is 0 Å². The second-order valence-corrected chi connectivity index (χ2v) is 4.37. The summed E-state index contributed by atoms with van der Waals surface area (Å²) in [6, 6.07) is 7.54. The number of hydrogen-bond acceptors (Lipinski definition) is 3. The van der Waals surface area contributed by atoms with Crippen LogP contribution >= 0.6 is 0 Å². The van der Waals surface area contributed by atoms with Crippen LogP contribution in [0.5, 0.6) is 5.75 Å². The fourth-order valence-electron chi connectivity index (χ4n) is 1.89. The molecular weight excluding hydrogens is 230 g/mol. The van der Waals surface area contributed by atoms with E-state index in [4.69, 9.17) is 10.5 Å². The number of aliphatic carboxylic acids is 1. The van der Waals surface area contributed by atoms with Crippen LogP contribution in [0.1, 0.15) is 24.8 Å². The summed E-state index contributed by atoms with van der Waals surface area (Å²) >= 11 is 0. The van der Waals surface area contributed by atoms with Crippen molar-refractivity contribution in [2.75, 3.05) is 13.7 Å². The number of methoxy groups -OCH3 is 1. The summed E-state index contributed by atoms with van der Waals surface area (Å²) in [5, 5.41) is 9.18. The third-order valence-corrected chi connectivity index (χ3v) is 3.00. The van der Waals surface area contributed by atoms with Crippen molar-refractivity contribution in [3.05, 3.63) is 29.8 Å². The molecule has 1 unspecified atom stereocenters. The molecule has 0 heterocycles. The van der Waals surface area contributed by atoms with Crippen LogP contribution in [-0.2, 0) is 11.2 Å². The Morgan fingerprint density at radius 3 is 2.50 bits per heavy atom. The normalized spacial score (nSPS) is 12.1. The van der Waals surface area contributed by atoms with Crippen molar-refractivity contribution in [2.45, 2.75) is 25.7 Å². The van der Waals surface area contributed by atoms with Crippen molar-refractivity contribution in [3.8, 4) is 5.75 Å². The molecule has 4 nitrogen and oxygen atoms in total. The van der Waals surface area contributed by atoms with Gasteiger partial charge in [0.1, 0.15) is 5.75 Å². The van der Waals surface area contributed by atoms with E-state index >= 15 is 0 Å². The number of carboxylic acid groups (broad SMARTS) is 1. The van der Waals surface area contributed by atoms with Gasteiger partial charge in [0.15, 0.2) is 0 Å². The van der Waals surface area contributed by atoms with E-state index in [1.165, 1.54) is 0 Å². The zero-order chi connectivity index (χ0) is 13.4. The summed E-state index contributed by atoms with van der Waals surface area (Å²) in [5.41, 5.74) is 6.44. The Kier molecular flexibility index (Phi) is 6.22. The van der Waals surface area contributed by atoms with Crippen LogP contribution in [0, 0.1) is 5.92 Å². The van der Waals surface area contributed by atoms with Crippen LogP contribution in [0.2, 0.25) is 0 Å². The van der Waals surface area contributed by atoms with Crippen molar-refractivity contribution in [3.63, 3.8) is 0 Å². The van der Waals surface area contributed by atoms with Crippen LogP contribution in [0.4, 0.5) is 0 Å². The van der Waals surface area contributed by atoms with E-state index in [1.807, 2.05) is 24.3 Å². The first kappa shape index (κ1) is 14.5. The van der Waals surface area contributed by atoms with Crippen LogP contribution < -0.4 is 10.5 Å². The first-order valence-corrected chi connectivity index (χ1v) is 6.23. The molecule has 0 saturated carbocycles. The molecule has 3 N–H and O–H groups in total. The Bertz CT molecular complexity index is 362. The Balaban J connectivity index is 2.56. The lowest BCUT2D eigenvalue weighted by Gasteiger charge is -2.12. The molecule has 4 heteroatoms. The maximum absolute atomic E-state index is 11.2. The van der Waals surface area contributed by atoms with Crippen LogP contribution in [0.15, 0.2) is 24.3 Å². The minimum absolute atomic E-state index is 0.329. The highest BCUT2D eigenvalue weighted by Crippen LogP contribution is 2.18. The van der Waals surface area contributed by atoms with Gasteiger partial charge in [-0.2, -0.15) is 0 Å². The summed E-state index contributed by atoms with van der Waals surface area (Å²) in [6.45, 7) is 0.620. The predicted octanol–water partition coefficient (Wildman–Crippen LogP) is 2.07. The summed E-state index contributed by atoms with van der Waals surface area (Å²) in [7, 11) is 1.61. The maximum atomic E-state index is 11.2. The van der Waals surface area contributed by atoms with Crippen molar-refractivity contribution in [2.24, 2.45) is 11.7 Å². The number of rotatable bonds is 8. The zero-order valence-electron chi connectivity index (χ0n) is 10.8. The highest BCUT2D eigenvalue weighted by Gasteiger charge is 2.17. The topological polar surface area (TPSA) is 72.5 Å². The lowest BCUT2D eigenvalue weighted by molar-refractivity contribution is -0.142. The molecule has 100 valence electrons. The number of nitrogens with two attached hydrogens (primary N) is 1. The van der Waals surface area contributed by atoms with Crippen molar-refractivity contribution >= 4 is 5.97 Å². The molecule has 0 saturated heterocycles. The molecule has 0 aliphatic carbocycles. The van der Waals surface area contributed by atoms with Crippen LogP contribution in [0.25, 0.3) is 0 Å². The number of carbonyl (C=O) groups is 1. The van der Waals surface area contributed by atoms with E-state index in [1.54, 1.807) is 7.11 Å². The van der Waals surface area contributed by atoms with Gasteiger partial charge in [-0.25, -0.2) is 0 Å². The lowest BCUT2D eigenvalue weighted by atomic mass is 9.94. The minimum atomic E-state index is -0.733. The molecule has 1 aromatic carbocycles. The molecule has 0 fully saturated rings. The molecule has 0 aromatic heterocycles. The van der Waals surface area contributed by atoms with E-state index < -0.39 is 5.97 Å². The third kappa shape index (κ3) is 4.75. The first-order chi connectivity index (χ1) is 8.67. The van der Waals surface area contributed by atoms with Gasteiger partial charge in [-0.15, -0.1) is 0 Å². The van der Waals surface area contributed by atoms with Gasteiger partial charge in [-0.3, -0.25) is 4.79 Å². The van der Waals surface area contributed by atoms with E-state index in [0.717, 1.165) is 24.2 Å². The smallest absolute Gasteiger partial charge is 0.306 e. The number of unbranched alkanes of at least 4 members (excludes halogenated alkanes) is 1. The largest absolute Gasteiger partial charge is 0.497 e. The van der Waals surface area contributed by atoms with E-state index in [-0.39, 0.29) is 5.92 Å². The molecule has 0 bridgehead atoms. The second kappa shape index (κ2) is 7.71. The number of ether oxygens (including phenoxy) is 1. The van der Waals surface area contributed by atoms with Gasteiger partial charge in [0.2, 0.25) is 0 Å². The van der Waals surface area contributed by atoms with Gasteiger partial charge in [-0.05, 0) is 43.5 Å². The Morgan fingerprint density at radius 1 is 1.33 bits per heavy atom. The molecule has 1 rings (SSSR count). The molecule has 0 spiro atoms. The lowest BCUT2D eigenvalue weighted by Crippen LogP contribution is -2.17. The Labute approximate surface area is 108 Å². The second-order valence-electron chi connectivity index (χ2n) is 4.37. The monoisotopic (exact) mass is 251 g/mol. The van der Waals surface area contributed by atoms with E-state index in [0.29, 0.717) is 19.4 Å². The number of benzene rings is 1. The SMILES string of the molecule is COc1ccc(CC(CCCCN)C(=O)O)cc1. The summed E-state index contributed by atoms with van der Waals surface area (Å²) in [6.07, 6.45) is 2.98. The quantitative estimate of drug-likeness (QED) is 0.694. The fourth-order valence-corrected chi connectivity index (χ4v) is 1.89. The summed E-state index contributed by atoms with van der Waals surface area (Å²) < 4.78 is 5.07. The van der Waals surface area contributed by atoms with Gasteiger partial charge >= 0.3 is 5.97 Å². The highest BCUT2D eigenvalue weighted by atomic mass is 16.5. The van der Waals surface area contributed by atoms with E-state index in [2.05, 4.69) is 0 Å². The molecule has 1 atom stereocenters. The number of hydrogen-bond donors (Lipinski definition) is 2. The van der Waals surface area contributed by atoms with Crippen LogP contribution in [-0.4, -0.2) is 24.7 Å². The Morgan fingerprint density at radius 2 is 2.00 bits per heavy atom. The predicted molar refractivity (Wildman–Crippen MR) is 70.7 cm³/mol. The van der Waals surface area contributed by atoms with Crippen LogP contribution in [0.3, 0.4) is 0 Å².